The average Bonchev–Trinajstić information content (AvgIpc) is 2.63. The molecule has 0 spiro atoms. The molecule has 14 heavy (non-hydrogen) atoms. The van der Waals surface area contributed by atoms with E-state index in [0.717, 1.165) is 4.90 Å². The first-order valence-corrected chi connectivity index (χ1v) is 4.18. The minimum Gasteiger partial charge on any atom is -0.368 e. The van der Waals surface area contributed by atoms with Gasteiger partial charge in [0.05, 0.1) is 0 Å². The Bertz CT molecular complexity index is 278. The van der Waals surface area contributed by atoms with Crippen LogP contribution < -0.4 is 17.0 Å². The van der Waals surface area contributed by atoms with Crippen molar-refractivity contribution in [3.63, 3.8) is 0 Å². The van der Waals surface area contributed by atoms with Crippen molar-refractivity contribution >= 4 is 17.7 Å². The van der Waals surface area contributed by atoms with Gasteiger partial charge in [-0.3, -0.25) is 19.8 Å². The first-order valence-electron chi connectivity index (χ1n) is 4.18. The van der Waals surface area contributed by atoms with Crippen molar-refractivity contribution in [2.75, 3.05) is 6.54 Å². The van der Waals surface area contributed by atoms with E-state index in [0.29, 0.717) is 19.4 Å². The molecule has 7 heteroatoms. The SMILES string of the molecule is NNC(=O)C(=O)N1CCCC1C(N)=O. The molecule has 0 aromatic heterocycles. The van der Waals surface area contributed by atoms with Crippen molar-refractivity contribution in [3.8, 4) is 0 Å². The van der Waals surface area contributed by atoms with E-state index in [2.05, 4.69) is 0 Å². The van der Waals surface area contributed by atoms with Crippen LogP contribution in [0.15, 0.2) is 0 Å². The first-order chi connectivity index (χ1) is 6.57. The second-order valence-corrected chi connectivity index (χ2v) is 3.03. The maximum absolute atomic E-state index is 11.3. The van der Waals surface area contributed by atoms with Crippen molar-refractivity contribution in [1.82, 2.24) is 10.3 Å². The summed E-state index contributed by atoms with van der Waals surface area (Å²) in [5.41, 5.74) is 6.79. The Morgan fingerprint density at radius 1 is 1.36 bits per heavy atom. The molecule has 1 aliphatic heterocycles. The van der Waals surface area contributed by atoms with E-state index in [-0.39, 0.29) is 0 Å². The number of hydrogen-bond acceptors (Lipinski definition) is 4. The standard InChI is InChI=1S/C7H12N4O3/c8-5(12)4-2-1-3-11(4)7(14)6(13)10-9/h4H,1-3,9H2,(H2,8,12)(H,10,13). The number of hydrogen-bond donors (Lipinski definition) is 3. The van der Waals surface area contributed by atoms with Crippen molar-refractivity contribution in [1.29, 1.82) is 0 Å². The molecule has 0 radical (unpaired) electrons. The molecule has 0 saturated carbocycles. The van der Waals surface area contributed by atoms with Gasteiger partial charge in [0.1, 0.15) is 6.04 Å². The van der Waals surface area contributed by atoms with Gasteiger partial charge in [0.2, 0.25) is 5.91 Å². The highest BCUT2D eigenvalue weighted by molar-refractivity contribution is 6.35. The molecule has 7 nitrogen and oxygen atoms in total. The monoisotopic (exact) mass is 200 g/mol. The third-order valence-electron chi connectivity index (χ3n) is 2.17. The fourth-order valence-corrected chi connectivity index (χ4v) is 1.50. The zero-order valence-corrected chi connectivity index (χ0v) is 7.53. The van der Waals surface area contributed by atoms with Gasteiger partial charge in [-0.2, -0.15) is 0 Å². The summed E-state index contributed by atoms with van der Waals surface area (Å²) in [5, 5.41) is 0. The molecular formula is C7H12N4O3. The molecule has 0 aromatic carbocycles. The largest absolute Gasteiger partial charge is 0.368 e. The van der Waals surface area contributed by atoms with Crippen LogP contribution in [0.3, 0.4) is 0 Å². The van der Waals surface area contributed by atoms with E-state index >= 15 is 0 Å². The first kappa shape index (κ1) is 10.5. The Balaban J connectivity index is 2.72. The molecule has 0 bridgehead atoms. The van der Waals surface area contributed by atoms with Gasteiger partial charge in [-0.1, -0.05) is 0 Å². The van der Waals surface area contributed by atoms with E-state index in [1.165, 1.54) is 0 Å². The number of carbonyl (C=O) groups is 3. The van der Waals surface area contributed by atoms with Crippen molar-refractivity contribution in [2.45, 2.75) is 18.9 Å². The maximum Gasteiger partial charge on any atom is 0.323 e. The Labute approximate surface area is 80.4 Å². The van der Waals surface area contributed by atoms with Gasteiger partial charge >= 0.3 is 11.8 Å². The summed E-state index contributed by atoms with van der Waals surface area (Å²) in [5.74, 6) is 2.46. The number of carbonyl (C=O) groups excluding carboxylic acids is 3. The quantitative estimate of drug-likeness (QED) is 0.187. The van der Waals surface area contributed by atoms with E-state index in [9.17, 15) is 14.4 Å². The predicted octanol–water partition coefficient (Wildman–Crippen LogP) is -2.55. The fourth-order valence-electron chi connectivity index (χ4n) is 1.50. The van der Waals surface area contributed by atoms with E-state index < -0.39 is 23.8 Å². The second kappa shape index (κ2) is 4.05. The lowest BCUT2D eigenvalue weighted by Crippen LogP contribution is -2.50. The Morgan fingerprint density at radius 2 is 2.00 bits per heavy atom. The Morgan fingerprint density at radius 3 is 2.50 bits per heavy atom. The van der Waals surface area contributed by atoms with Crippen molar-refractivity contribution < 1.29 is 14.4 Å². The lowest BCUT2D eigenvalue weighted by atomic mass is 10.2. The molecule has 0 aliphatic carbocycles. The maximum atomic E-state index is 11.3. The van der Waals surface area contributed by atoms with Crippen LogP contribution in [0.1, 0.15) is 12.8 Å². The summed E-state index contributed by atoms with van der Waals surface area (Å²) in [7, 11) is 0. The minimum absolute atomic E-state index is 0.361. The van der Waals surface area contributed by atoms with E-state index in [1.807, 2.05) is 0 Å². The van der Waals surface area contributed by atoms with Gasteiger partial charge in [0.15, 0.2) is 0 Å². The van der Waals surface area contributed by atoms with Crippen LogP contribution in [0, 0.1) is 0 Å². The average molecular weight is 200 g/mol. The number of likely N-dealkylation sites (tertiary alicyclic amines) is 1. The van der Waals surface area contributed by atoms with Crippen LogP contribution >= 0.6 is 0 Å². The van der Waals surface area contributed by atoms with Gasteiger partial charge in [-0.05, 0) is 12.8 Å². The van der Waals surface area contributed by atoms with E-state index in [1.54, 1.807) is 5.43 Å². The number of nitrogens with zero attached hydrogens (tertiary/aromatic N) is 1. The van der Waals surface area contributed by atoms with Gasteiger partial charge < -0.3 is 10.6 Å². The zero-order valence-electron chi connectivity index (χ0n) is 7.53. The number of nitrogens with two attached hydrogens (primary N) is 2. The summed E-state index contributed by atoms with van der Waals surface area (Å²) in [6.07, 6.45) is 1.16. The highest BCUT2D eigenvalue weighted by Crippen LogP contribution is 2.16. The summed E-state index contributed by atoms with van der Waals surface area (Å²) in [6, 6.07) is -0.681. The summed E-state index contributed by atoms with van der Waals surface area (Å²) in [4.78, 5) is 34.2. The van der Waals surface area contributed by atoms with Gasteiger partial charge in [-0.15, -0.1) is 0 Å². The predicted molar refractivity (Wildman–Crippen MR) is 46.3 cm³/mol. The molecular weight excluding hydrogens is 188 g/mol. The van der Waals surface area contributed by atoms with Crippen LogP contribution in [0.5, 0.6) is 0 Å². The number of hydrazine groups is 1. The number of primary amides is 1. The van der Waals surface area contributed by atoms with E-state index in [4.69, 9.17) is 11.6 Å². The summed E-state index contributed by atoms with van der Waals surface area (Å²) in [6.45, 7) is 0.361. The Kier molecular flexibility index (Phi) is 3.03. The lowest BCUT2D eigenvalue weighted by Gasteiger charge is -2.20. The topological polar surface area (TPSA) is 119 Å². The van der Waals surface area contributed by atoms with Crippen LogP contribution in [0.2, 0.25) is 0 Å². The second-order valence-electron chi connectivity index (χ2n) is 3.03. The summed E-state index contributed by atoms with van der Waals surface area (Å²) >= 11 is 0. The van der Waals surface area contributed by atoms with Crippen LogP contribution in [0.25, 0.3) is 0 Å². The summed E-state index contributed by atoms with van der Waals surface area (Å²) < 4.78 is 0. The smallest absolute Gasteiger partial charge is 0.323 e. The van der Waals surface area contributed by atoms with Gasteiger partial charge in [0, 0.05) is 6.54 Å². The Hall–Kier alpha value is -1.63. The molecule has 0 aromatic rings. The van der Waals surface area contributed by atoms with Crippen LogP contribution in [-0.2, 0) is 14.4 Å². The number of amides is 3. The fraction of sp³-hybridized carbons (Fsp3) is 0.571. The molecule has 1 rings (SSSR count). The van der Waals surface area contributed by atoms with Crippen molar-refractivity contribution in [3.05, 3.63) is 0 Å². The molecule has 3 amide bonds. The molecule has 1 unspecified atom stereocenters. The molecule has 5 N–H and O–H groups in total. The highest BCUT2D eigenvalue weighted by atomic mass is 16.2. The molecule has 78 valence electrons. The normalized spacial score (nSPS) is 20.6. The highest BCUT2D eigenvalue weighted by Gasteiger charge is 2.35. The molecule has 1 heterocycles. The molecule has 1 aliphatic rings. The molecule has 1 fully saturated rings. The lowest BCUT2D eigenvalue weighted by molar-refractivity contribution is -0.148. The molecule has 1 atom stereocenters. The van der Waals surface area contributed by atoms with Gasteiger partial charge in [-0.25, -0.2) is 5.84 Å². The zero-order chi connectivity index (χ0) is 10.7. The van der Waals surface area contributed by atoms with Crippen LogP contribution in [0.4, 0.5) is 0 Å². The number of rotatable bonds is 1. The van der Waals surface area contributed by atoms with Crippen molar-refractivity contribution in [2.24, 2.45) is 11.6 Å². The third kappa shape index (κ3) is 1.82. The third-order valence-corrected chi connectivity index (χ3v) is 2.17. The van der Waals surface area contributed by atoms with Crippen LogP contribution in [-0.4, -0.2) is 35.2 Å². The van der Waals surface area contributed by atoms with Gasteiger partial charge in [0.25, 0.3) is 0 Å². The number of nitrogens with one attached hydrogen (secondary N) is 1. The molecule has 1 saturated heterocycles. The minimum atomic E-state index is -0.932.